The lowest BCUT2D eigenvalue weighted by atomic mass is 9.95. The van der Waals surface area contributed by atoms with Gasteiger partial charge in [0.2, 0.25) is 0 Å². The molecule has 176 valence electrons. The largest absolute Gasteiger partial charge is 0.507 e. The molecule has 1 N–H and O–H groups in total. The second-order valence-electron chi connectivity index (χ2n) is 8.07. The molecule has 34 heavy (non-hydrogen) atoms. The molecule has 1 amide bonds. The van der Waals surface area contributed by atoms with Gasteiger partial charge >= 0.3 is 0 Å². The molecular weight excluding hydrogens is 498 g/mol. The highest BCUT2D eigenvalue weighted by atomic mass is 79.9. The Morgan fingerprint density at radius 3 is 2.47 bits per heavy atom. The number of amides is 1. The molecule has 0 bridgehead atoms. The minimum absolute atomic E-state index is 0.0946. The molecule has 0 radical (unpaired) electrons. The summed E-state index contributed by atoms with van der Waals surface area (Å²) in [6, 6.07) is 13.7. The normalized spacial score (nSPS) is 17.4. The van der Waals surface area contributed by atoms with E-state index in [1.807, 2.05) is 42.0 Å². The SMILES string of the molecule is CCCOc1ccc(/C(O)=C2\C(=O)C(=O)N(CCCn3ccnc3)[C@@H]2c2ccc(Br)cc2)cc1. The van der Waals surface area contributed by atoms with Crippen molar-refractivity contribution in [1.82, 2.24) is 14.5 Å². The number of aromatic nitrogens is 2. The highest BCUT2D eigenvalue weighted by Gasteiger charge is 2.45. The Balaban J connectivity index is 1.67. The fourth-order valence-electron chi connectivity index (χ4n) is 4.03. The lowest BCUT2D eigenvalue weighted by Crippen LogP contribution is -2.31. The molecule has 1 atom stereocenters. The summed E-state index contributed by atoms with van der Waals surface area (Å²) in [6.07, 6.45) is 6.80. The molecule has 1 aliphatic heterocycles. The van der Waals surface area contributed by atoms with Crippen LogP contribution in [-0.2, 0) is 16.1 Å². The van der Waals surface area contributed by atoms with Crippen LogP contribution >= 0.6 is 15.9 Å². The van der Waals surface area contributed by atoms with Crippen LogP contribution < -0.4 is 4.74 Å². The molecule has 0 aliphatic carbocycles. The highest BCUT2D eigenvalue weighted by molar-refractivity contribution is 9.10. The van der Waals surface area contributed by atoms with E-state index < -0.39 is 17.7 Å². The summed E-state index contributed by atoms with van der Waals surface area (Å²) < 4.78 is 8.42. The molecule has 1 saturated heterocycles. The predicted octanol–water partition coefficient (Wildman–Crippen LogP) is 4.95. The maximum absolute atomic E-state index is 13.1. The lowest BCUT2D eigenvalue weighted by molar-refractivity contribution is -0.139. The highest BCUT2D eigenvalue weighted by Crippen LogP contribution is 2.40. The summed E-state index contributed by atoms with van der Waals surface area (Å²) >= 11 is 3.43. The van der Waals surface area contributed by atoms with Gasteiger partial charge in [-0.3, -0.25) is 9.59 Å². The number of aliphatic hydroxyl groups excluding tert-OH is 1. The number of carbonyl (C=O) groups excluding carboxylic acids is 2. The number of halogens is 1. The summed E-state index contributed by atoms with van der Waals surface area (Å²) in [6.45, 7) is 3.65. The van der Waals surface area contributed by atoms with Crippen LogP contribution in [0.3, 0.4) is 0 Å². The smallest absolute Gasteiger partial charge is 0.295 e. The van der Waals surface area contributed by atoms with E-state index >= 15 is 0 Å². The second-order valence-corrected chi connectivity index (χ2v) is 8.99. The van der Waals surface area contributed by atoms with Crippen molar-refractivity contribution in [3.05, 3.63) is 88.4 Å². The van der Waals surface area contributed by atoms with E-state index in [4.69, 9.17) is 4.74 Å². The first-order chi connectivity index (χ1) is 16.5. The van der Waals surface area contributed by atoms with Crippen molar-refractivity contribution < 1.29 is 19.4 Å². The van der Waals surface area contributed by atoms with Gasteiger partial charge in [0.05, 0.1) is 24.5 Å². The topological polar surface area (TPSA) is 84.7 Å². The minimum Gasteiger partial charge on any atom is -0.507 e. The van der Waals surface area contributed by atoms with E-state index in [1.54, 1.807) is 41.7 Å². The average Bonchev–Trinajstić information content (AvgIpc) is 3.45. The van der Waals surface area contributed by atoms with Gasteiger partial charge in [0.1, 0.15) is 11.5 Å². The number of benzene rings is 2. The van der Waals surface area contributed by atoms with Crippen LogP contribution in [-0.4, -0.2) is 44.4 Å². The number of nitrogens with zero attached hydrogens (tertiary/aromatic N) is 3. The molecule has 0 saturated carbocycles. The van der Waals surface area contributed by atoms with Gasteiger partial charge in [0, 0.05) is 35.5 Å². The summed E-state index contributed by atoms with van der Waals surface area (Å²) in [4.78, 5) is 31.8. The summed E-state index contributed by atoms with van der Waals surface area (Å²) in [5.41, 5.74) is 1.31. The van der Waals surface area contributed by atoms with Crippen molar-refractivity contribution in [3.8, 4) is 5.75 Å². The number of aliphatic hydroxyl groups is 1. The number of ketones is 1. The van der Waals surface area contributed by atoms with Gasteiger partial charge in [-0.15, -0.1) is 0 Å². The van der Waals surface area contributed by atoms with Crippen LogP contribution in [0.1, 0.15) is 36.9 Å². The van der Waals surface area contributed by atoms with Crippen molar-refractivity contribution in [3.63, 3.8) is 0 Å². The van der Waals surface area contributed by atoms with Crippen LogP contribution in [0, 0.1) is 0 Å². The summed E-state index contributed by atoms with van der Waals surface area (Å²) in [5, 5.41) is 11.2. The lowest BCUT2D eigenvalue weighted by Gasteiger charge is -2.25. The summed E-state index contributed by atoms with van der Waals surface area (Å²) in [7, 11) is 0. The molecule has 3 aromatic rings. The monoisotopic (exact) mass is 523 g/mol. The van der Waals surface area contributed by atoms with Gasteiger partial charge in [-0.05, 0) is 54.8 Å². The molecule has 1 fully saturated rings. The number of rotatable bonds is 9. The van der Waals surface area contributed by atoms with Crippen molar-refractivity contribution in [2.24, 2.45) is 0 Å². The number of aryl methyl sites for hydroxylation is 1. The maximum Gasteiger partial charge on any atom is 0.295 e. The molecule has 4 rings (SSSR count). The van der Waals surface area contributed by atoms with Crippen LogP contribution in [0.5, 0.6) is 5.75 Å². The van der Waals surface area contributed by atoms with Crippen molar-refractivity contribution in [1.29, 1.82) is 0 Å². The standard InChI is InChI=1S/C26H26BrN3O4/c1-2-16-34-21-10-6-19(7-11-21)24(31)22-23(18-4-8-20(27)9-5-18)30(26(33)25(22)32)14-3-13-29-15-12-28-17-29/h4-12,15,17,23,31H,2-3,13-14,16H2,1H3/b24-22+/t23-/m1/s1. The fourth-order valence-corrected chi connectivity index (χ4v) is 4.29. The van der Waals surface area contributed by atoms with Gasteiger partial charge in [-0.25, -0.2) is 4.98 Å². The third kappa shape index (κ3) is 5.07. The van der Waals surface area contributed by atoms with E-state index in [0.29, 0.717) is 37.4 Å². The Labute approximate surface area is 206 Å². The molecule has 0 spiro atoms. The number of imidazole rings is 1. The third-order valence-corrected chi connectivity index (χ3v) is 6.23. The zero-order valence-corrected chi connectivity index (χ0v) is 20.4. The first kappa shape index (κ1) is 23.8. The van der Waals surface area contributed by atoms with Gasteiger partial charge < -0.3 is 19.3 Å². The van der Waals surface area contributed by atoms with E-state index in [0.717, 1.165) is 16.5 Å². The van der Waals surface area contributed by atoms with Gasteiger partial charge in [-0.2, -0.15) is 0 Å². The van der Waals surface area contributed by atoms with Crippen LogP contribution in [0.25, 0.3) is 5.76 Å². The predicted molar refractivity (Wildman–Crippen MR) is 132 cm³/mol. The zero-order valence-electron chi connectivity index (χ0n) is 18.9. The van der Waals surface area contributed by atoms with E-state index in [-0.39, 0.29) is 11.3 Å². The first-order valence-corrected chi connectivity index (χ1v) is 12.0. The molecule has 2 aromatic carbocycles. The second kappa shape index (κ2) is 10.7. The van der Waals surface area contributed by atoms with E-state index in [9.17, 15) is 14.7 Å². The van der Waals surface area contributed by atoms with Gasteiger partial charge in [-0.1, -0.05) is 35.0 Å². The molecule has 1 aromatic heterocycles. The van der Waals surface area contributed by atoms with E-state index in [2.05, 4.69) is 20.9 Å². The summed E-state index contributed by atoms with van der Waals surface area (Å²) in [5.74, 6) is -0.796. The van der Waals surface area contributed by atoms with Gasteiger partial charge in [0.25, 0.3) is 11.7 Å². The van der Waals surface area contributed by atoms with Crippen LogP contribution in [0.2, 0.25) is 0 Å². The number of carbonyl (C=O) groups is 2. The van der Waals surface area contributed by atoms with Crippen molar-refractivity contribution in [2.75, 3.05) is 13.2 Å². The minimum atomic E-state index is -0.681. The van der Waals surface area contributed by atoms with Gasteiger partial charge in [0.15, 0.2) is 0 Å². The van der Waals surface area contributed by atoms with Crippen molar-refractivity contribution >= 4 is 33.4 Å². The van der Waals surface area contributed by atoms with Crippen LogP contribution in [0.4, 0.5) is 0 Å². The Hall–Kier alpha value is -3.39. The number of Topliss-reactive ketones (excluding diaryl/α,β-unsaturated/α-hetero) is 1. The molecule has 0 unspecified atom stereocenters. The Bertz CT molecular complexity index is 1170. The quantitative estimate of drug-likeness (QED) is 0.243. The van der Waals surface area contributed by atoms with E-state index in [1.165, 1.54) is 0 Å². The Morgan fingerprint density at radius 2 is 1.82 bits per heavy atom. The van der Waals surface area contributed by atoms with Crippen molar-refractivity contribution in [2.45, 2.75) is 32.4 Å². The Kier molecular flexibility index (Phi) is 7.47. The molecule has 2 heterocycles. The first-order valence-electron chi connectivity index (χ1n) is 11.2. The molecule has 8 heteroatoms. The number of ether oxygens (including phenoxy) is 1. The average molecular weight is 524 g/mol. The maximum atomic E-state index is 13.1. The molecule has 7 nitrogen and oxygen atoms in total. The fraction of sp³-hybridized carbons (Fsp3) is 0.269. The molecule has 1 aliphatic rings. The zero-order chi connectivity index (χ0) is 24.1. The van der Waals surface area contributed by atoms with Crippen LogP contribution in [0.15, 0.2) is 77.3 Å². The number of hydrogen-bond acceptors (Lipinski definition) is 5. The molecular formula is C26H26BrN3O4. The number of hydrogen-bond donors (Lipinski definition) is 1. The number of likely N-dealkylation sites (tertiary alicyclic amines) is 1. The Morgan fingerprint density at radius 1 is 1.09 bits per heavy atom. The third-order valence-electron chi connectivity index (χ3n) is 5.70.